The summed E-state index contributed by atoms with van der Waals surface area (Å²) in [5, 5.41) is 2.92. The zero-order valence-corrected chi connectivity index (χ0v) is 7.66. The van der Waals surface area contributed by atoms with Crippen molar-refractivity contribution in [2.45, 2.75) is 31.8 Å². The number of allylic oxidation sites excluding steroid dienone is 1. The number of carbonyl (C=O) groups excluding carboxylic acids is 1. The number of ether oxygens (including phenoxy) is 1. The minimum absolute atomic E-state index is 0.188. The van der Waals surface area contributed by atoms with Crippen molar-refractivity contribution in [2.24, 2.45) is 5.92 Å². The van der Waals surface area contributed by atoms with Crippen LogP contribution in [-0.4, -0.2) is 18.6 Å². The van der Waals surface area contributed by atoms with E-state index in [1.165, 1.54) is 0 Å². The molecule has 1 fully saturated rings. The van der Waals surface area contributed by atoms with Gasteiger partial charge in [-0.1, -0.05) is 0 Å². The van der Waals surface area contributed by atoms with Crippen molar-refractivity contribution < 1.29 is 9.53 Å². The zero-order chi connectivity index (χ0) is 9.10. The molecule has 0 aromatic rings. The average molecular weight is 181 g/mol. The third kappa shape index (κ3) is 2.47. The molecule has 0 aromatic carbocycles. The van der Waals surface area contributed by atoms with Crippen LogP contribution < -0.4 is 5.32 Å². The molecule has 72 valence electrons. The Labute approximate surface area is 78.1 Å². The maximum atomic E-state index is 11.3. The topological polar surface area (TPSA) is 38.3 Å². The van der Waals surface area contributed by atoms with Gasteiger partial charge in [-0.15, -0.1) is 0 Å². The Bertz CT molecular complexity index is 221. The highest BCUT2D eigenvalue weighted by molar-refractivity contribution is 5.80. The van der Waals surface area contributed by atoms with Gasteiger partial charge >= 0.3 is 0 Å². The molecule has 0 bridgehead atoms. The molecule has 0 spiro atoms. The Morgan fingerprint density at radius 2 is 2.31 bits per heavy atom. The van der Waals surface area contributed by atoms with Crippen molar-refractivity contribution in [2.75, 3.05) is 6.54 Å². The van der Waals surface area contributed by atoms with Crippen molar-refractivity contribution in [1.29, 1.82) is 0 Å². The van der Waals surface area contributed by atoms with Crippen LogP contribution in [-0.2, 0) is 9.53 Å². The molecule has 0 aromatic heterocycles. The van der Waals surface area contributed by atoms with E-state index < -0.39 is 0 Å². The number of hydrogen-bond acceptors (Lipinski definition) is 2. The van der Waals surface area contributed by atoms with Crippen LogP contribution in [0.5, 0.6) is 0 Å². The Morgan fingerprint density at radius 1 is 1.46 bits per heavy atom. The summed E-state index contributed by atoms with van der Waals surface area (Å²) in [7, 11) is 0. The van der Waals surface area contributed by atoms with E-state index in [1.807, 2.05) is 6.08 Å². The lowest BCUT2D eigenvalue weighted by Crippen LogP contribution is -2.34. The molecule has 3 nitrogen and oxygen atoms in total. The van der Waals surface area contributed by atoms with E-state index >= 15 is 0 Å². The van der Waals surface area contributed by atoms with Crippen molar-refractivity contribution in [3.63, 3.8) is 0 Å². The molecule has 0 radical (unpaired) electrons. The third-order valence-electron chi connectivity index (χ3n) is 2.47. The normalized spacial score (nSPS) is 26.6. The lowest BCUT2D eigenvalue weighted by atomic mass is 10.1. The van der Waals surface area contributed by atoms with Crippen LogP contribution in [0.2, 0.25) is 0 Å². The number of hydrogen-bond donors (Lipinski definition) is 1. The maximum Gasteiger partial charge on any atom is 0.223 e. The molecule has 1 heterocycles. The van der Waals surface area contributed by atoms with Gasteiger partial charge in [-0.25, -0.2) is 0 Å². The van der Waals surface area contributed by atoms with Gasteiger partial charge in [0.25, 0.3) is 0 Å². The Kier molecular flexibility index (Phi) is 2.52. The zero-order valence-electron chi connectivity index (χ0n) is 7.66. The highest BCUT2D eigenvalue weighted by Gasteiger charge is 2.29. The second kappa shape index (κ2) is 3.81. The fourth-order valence-corrected chi connectivity index (χ4v) is 1.44. The molecule has 1 amide bonds. The van der Waals surface area contributed by atoms with Gasteiger partial charge in [-0.2, -0.15) is 0 Å². The molecular formula is C10H15NO2. The molecule has 1 unspecified atom stereocenters. The minimum Gasteiger partial charge on any atom is -0.497 e. The Balaban J connectivity index is 1.66. The smallest absolute Gasteiger partial charge is 0.223 e. The summed E-state index contributed by atoms with van der Waals surface area (Å²) in [6.07, 6.45) is 8.14. The number of nitrogens with one attached hydrogen (secondary N) is 1. The van der Waals surface area contributed by atoms with Crippen LogP contribution in [0.1, 0.15) is 25.7 Å². The predicted octanol–water partition coefficient (Wildman–Crippen LogP) is 1.21. The van der Waals surface area contributed by atoms with Crippen molar-refractivity contribution in [3.8, 4) is 0 Å². The SMILES string of the molecule is O=C(NCC1CCC=CO1)C1CC1. The molecule has 2 rings (SSSR count). The molecule has 2 aliphatic rings. The van der Waals surface area contributed by atoms with Gasteiger partial charge in [-0.3, -0.25) is 4.79 Å². The summed E-state index contributed by atoms with van der Waals surface area (Å²) in [5.74, 6) is 0.511. The summed E-state index contributed by atoms with van der Waals surface area (Å²) in [4.78, 5) is 11.3. The van der Waals surface area contributed by atoms with E-state index in [4.69, 9.17) is 4.74 Å². The molecule has 1 aliphatic heterocycles. The monoisotopic (exact) mass is 181 g/mol. The molecular weight excluding hydrogens is 166 g/mol. The summed E-state index contributed by atoms with van der Waals surface area (Å²) >= 11 is 0. The van der Waals surface area contributed by atoms with Crippen LogP contribution in [0, 0.1) is 5.92 Å². The molecule has 1 saturated carbocycles. The first-order valence-electron chi connectivity index (χ1n) is 4.94. The third-order valence-corrected chi connectivity index (χ3v) is 2.47. The van der Waals surface area contributed by atoms with Crippen LogP contribution in [0.3, 0.4) is 0 Å². The summed E-state index contributed by atoms with van der Waals surface area (Å²) < 4.78 is 5.33. The number of rotatable bonds is 3. The molecule has 1 aliphatic carbocycles. The van der Waals surface area contributed by atoms with Crippen LogP contribution in [0.25, 0.3) is 0 Å². The highest BCUT2D eigenvalue weighted by atomic mass is 16.5. The van der Waals surface area contributed by atoms with E-state index in [-0.39, 0.29) is 12.0 Å². The number of carbonyl (C=O) groups is 1. The van der Waals surface area contributed by atoms with Gasteiger partial charge in [0.15, 0.2) is 0 Å². The fraction of sp³-hybridized carbons (Fsp3) is 0.700. The van der Waals surface area contributed by atoms with Gasteiger partial charge in [-0.05, 0) is 31.8 Å². The average Bonchev–Trinajstić information content (AvgIpc) is 2.99. The Hall–Kier alpha value is -0.990. The summed E-state index contributed by atoms with van der Waals surface area (Å²) in [6.45, 7) is 0.666. The minimum atomic E-state index is 0.188. The second-order valence-corrected chi connectivity index (χ2v) is 3.73. The second-order valence-electron chi connectivity index (χ2n) is 3.73. The van der Waals surface area contributed by atoms with Gasteiger partial charge in [0.2, 0.25) is 5.91 Å². The van der Waals surface area contributed by atoms with E-state index in [0.29, 0.717) is 12.5 Å². The van der Waals surface area contributed by atoms with E-state index in [2.05, 4.69) is 5.32 Å². The molecule has 1 atom stereocenters. The fourth-order valence-electron chi connectivity index (χ4n) is 1.44. The van der Waals surface area contributed by atoms with E-state index in [1.54, 1.807) is 6.26 Å². The maximum absolute atomic E-state index is 11.3. The van der Waals surface area contributed by atoms with Gasteiger partial charge in [0.1, 0.15) is 6.10 Å². The predicted molar refractivity (Wildman–Crippen MR) is 49.0 cm³/mol. The summed E-state index contributed by atoms with van der Waals surface area (Å²) in [6, 6.07) is 0. The van der Waals surface area contributed by atoms with Gasteiger partial charge in [0.05, 0.1) is 12.8 Å². The van der Waals surface area contributed by atoms with E-state index in [0.717, 1.165) is 25.7 Å². The summed E-state index contributed by atoms with van der Waals surface area (Å²) in [5.41, 5.74) is 0. The first kappa shape index (κ1) is 8.60. The molecule has 3 heteroatoms. The van der Waals surface area contributed by atoms with Crippen molar-refractivity contribution in [3.05, 3.63) is 12.3 Å². The highest BCUT2D eigenvalue weighted by Crippen LogP contribution is 2.28. The molecule has 1 N–H and O–H groups in total. The van der Waals surface area contributed by atoms with Crippen LogP contribution in [0.15, 0.2) is 12.3 Å². The van der Waals surface area contributed by atoms with Crippen molar-refractivity contribution in [1.82, 2.24) is 5.32 Å². The largest absolute Gasteiger partial charge is 0.497 e. The standard InChI is InChI=1S/C10H15NO2/c12-10(8-4-5-8)11-7-9-3-1-2-6-13-9/h2,6,8-9H,1,3-5,7H2,(H,11,12). The number of amides is 1. The quantitative estimate of drug-likeness (QED) is 0.710. The van der Waals surface area contributed by atoms with Gasteiger partial charge < -0.3 is 10.1 Å². The Morgan fingerprint density at radius 3 is 2.92 bits per heavy atom. The van der Waals surface area contributed by atoms with Crippen molar-refractivity contribution >= 4 is 5.91 Å². The molecule has 13 heavy (non-hydrogen) atoms. The lowest BCUT2D eigenvalue weighted by molar-refractivity contribution is -0.122. The lowest BCUT2D eigenvalue weighted by Gasteiger charge is -2.19. The first-order valence-corrected chi connectivity index (χ1v) is 4.94. The first-order chi connectivity index (χ1) is 6.36. The van der Waals surface area contributed by atoms with Crippen LogP contribution in [0.4, 0.5) is 0 Å². The molecule has 0 saturated heterocycles. The van der Waals surface area contributed by atoms with Gasteiger partial charge in [0, 0.05) is 5.92 Å². The van der Waals surface area contributed by atoms with Crippen LogP contribution >= 0.6 is 0 Å². The van der Waals surface area contributed by atoms with E-state index in [9.17, 15) is 4.79 Å².